The summed E-state index contributed by atoms with van der Waals surface area (Å²) in [6.07, 6.45) is 0. The van der Waals surface area contributed by atoms with Crippen LogP contribution in [0.2, 0.25) is 0 Å². The molecule has 1 aromatic carbocycles. The fourth-order valence-corrected chi connectivity index (χ4v) is 3.47. The number of hydrogen-bond donors (Lipinski definition) is 1. The molecule has 0 radical (unpaired) electrons. The summed E-state index contributed by atoms with van der Waals surface area (Å²) in [5, 5.41) is 3.19. The van der Waals surface area contributed by atoms with E-state index in [0.29, 0.717) is 5.56 Å². The van der Waals surface area contributed by atoms with E-state index in [0.717, 1.165) is 17.8 Å². The molecule has 1 saturated heterocycles. The van der Waals surface area contributed by atoms with E-state index in [1.54, 1.807) is 11.0 Å². The number of anilines is 1. The monoisotopic (exact) mass is 296 g/mol. The van der Waals surface area contributed by atoms with Gasteiger partial charge in [-0.25, -0.2) is 8.42 Å². The highest BCUT2D eigenvalue weighted by atomic mass is 32.2. The third-order valence-corrected chi connectivity index (χ3v) is 5.01. The molecule has 20 heavy (non-hydrogen) atoms. The van der Waals surface area contributed by atoms with Crippen LogP contribution < -0.4 is 5.32 Å². The Morgan fingerprint density at radius 3 is 2.55 bits per heavy atom. The third kappa shape index (κ3) is 3.30. The Bertz CT molecular complexity index is 597. The van der Waals surface area contributed by atoms with Crippen molar-refractivity contribution in [1.29, 1.82) is 0 Å². The average molecular weight is 296 g/mol. The second-order valence-electron chi connectivity index (χ2n) is 5.02. The molecule has 6 heteroatoms. The summed E-state index contributed by atoms with van der Waals surface area (Å²) in [7, 11) is -2.97. The zero-order valence-corrected chi connectivity index (χ0v) is 12.7. The Balaban J connectivity index is 2.21. The lowest BCUT2D eigenvalue weighted by Crippen LogP contribution is -2.43. The minimum absolute atomic E-state index is 0.0567. The molecule has 5 nitrogen and oxygen atoms in total. The molecule has 2 rings (SSSR count). The maximum absolute atomic E-state index is 12.5. The number of aryl methyl sites for hydroxylation is 1. The SMILES string of the molecule is CCNc1cc(C)ccc1C(=O)N1CCS(=O)(=O)CC1. The summed E-state index contributed by atoms with van der Waals surface area (Å²) in [6, 6.07) is 5.64. The van der Waals surface area contributed by atoms with E-state index in [1.165, 1.54) is 0 Å². The molecule has 0 aliphatic carbocycles. The fraction of sp³-hybridized carbons (Fsp3) is 0.500. The Kier molecular flexibility index (Phi) is 4.32. The first kappa shape index (κ1) is 14.8. The van der Waals surface area contributed by atoms with Crippen molar-refractivity contribution >= 4 is 21.4 Å². The zero-order valence-electron chi connectivity index (χ0n) is 11.8. The summed E-state index contributed by atoms with van der Waals surface area (Å²) < 4.78 is 22.8. The first-order valence-electron chi connectivity index (χ1n) is 6.77. The number of benzene rings is 1. The lowest BCUT2D eigenvalue weighted by molar-refractivity contribution is 0.0771. The molecule has 1 aromatic rings. The van der Waals surface area contributed by atoms with Crippen molar-refractivity contribution in [2.24, 2.45) is 0 Å². The third-order valence-electron chi connectivity index (χ3n) is 3.40. The quantitative estimate of drug-likeness (QED) is 0.913. The van der Waals surface area contributed by atoms with Crippen LogP contribution in [0, 0.1) is 6.92 Å². The highest BCUT2D eigenvalue weighted by molar-refractivity contribution is 7.91. The average Bonchev–Trinajstić information content (AvgIpc) is 2.38. The predicted molar refractivity (Wildman–Crippen MR) is 79.9 cm³/mol. The second kappa shape index (κ2) is 5.83. The number of nitrogens with zero attached hydrogens (tertiary/aromatic N) is 1. The maximum atomic E-state index is 12.5. The summed E-state index contributed by atoms with van der Waals surface area (Å²) in [5.41, 5.74) is 2.50. The molecule has 0 bridgehead atoms. The largest absolute Gasteiger partial charge is 0.385 e. The number of amides is 1. The lowest BCUT2D eigenvalue weighted by atomic mass is 10.1. The molecule has 110 valence electrons. The first-order valence-corrected chi connectivity index (χ1v) is 8.59. The van der Waals surface area contributed by atoms with E-state index >= 15 is 0 Å². The Hall–Kier alpha value is -1.56. The van der Waals surface area contributed by atoms with Gasteiger partial charge in [0.2, 0.25) is 0 Å². The smallest absolute Gasteiger partial charge is 0.256 e. The van der Waals surface area contributed by atoms with Crippen LogP contribution in [0.3, 0.4) is 0 Å². The van der Waals surface area contributed by atoms with E-state index in [1.807, 2.05) is 26.0 Å². The minimum atomic E-state index is -2.97. The molecule has 0 saturated carbocycles. The van der Waals surface area contributed by atoms with E-state index in [9.17, 15) is 13.2 Å². The number of carbonyl (C=O) groups is 1. The van der Waals surface area contributed by atoms with Gasteiger partial charge in [0.1, 0.15) is 0 Å². The van der Waals surface area contributed by atoms with Crippen molar-refractivity contribution in [3.63, 3.8) is 0 Å². The maximum Gasteiger partial charge on any atom is 0.256 e. The number of sulfone groups is 1. The van der Waals surface area contributed by atoms with Crippen LogP contribution >= 0.6 is 0 Å². The van der Waals surface area contributed by atoms with Crippen LogP contribution in [0.1, 0.15) is 22.8 Å². The van der Waals surface area contributed by atoms with Crippen LogP contribution in [0.4, 0.5) is 5.69 Å². The topological polar surface area (TPSA) is 66.5 Å². The highest BCUT2D eigenvalue weighted by Crippen LogP contribution is 2.20. The van der Waals surface area contributed by atoms with Gasteiger partial charge in [-0.15, -0.1) is 0 Å². The van der Waals surface area contributed by atoms with Gasteiger partial charge in [0.25, 0.3) is 5.91 Å². The Morgan fingerprint density at radius 1 is 1.30 bits per heavy atom. The van der Waals surface area contributed by atoms with Gasteiger partial charge in [0.15, 0.2) is 9.84 Å². The van der Waals surface area contributed by atoms with Gasteiger partial charge >= 0.3 is 0 Å². The number of carbonyl (C=O) groups excluding carboxylic acids is 1. The van der Waals surface area contributed by atoms with Gasteiger partial charge in [-0.3, -0.25) is 4.79 Å². The van der Waals surface area contributed by atoms with Crippen molar-refractivity contribution in [1.82, 2.24) is 4.90 Å². The van der Waals surface area contributed by atoms with Crippen LogP contribution in [0.15, 0.2) is 18.2 Å². The highest BCUT2D eigenvalue weighted by Gasteiger charge is 2.26. The van der Waals surface area contributed by atoms with Gasteiger partial charge in [0.05, 0.1) is 17.1 Å². The zero-order chi connectivity index (χ0) is 14.8. The molecule has 1 aliphatic heterocycles. The molecule has 0 aromatic heterocycles. The van der Waals surface area contributed by atoms with Crippen LogP contribution in [-0.2, 0) is 9.84 Å². The Morgan fingerprint density at radius 2 is 1.95 bits per heavy atom. The molecule has 1 amide bonds. The van der Waals surface area contributed by atoms with Gasteiger partial charge in [0, 0.05) is 25.3 Å². The van der Waals surface area contributed by atoms with Gasteiger partial charge in [-0.2, -0.15) is 0 Å². The molecule has 0 atom stereocenters. The summed E-state index contributed by atoms with van der Waals surface area (Å²) >= 11 is 0. The minimum Gasteiger partial charge on any atom is -0.385 e. The summed E-state index contributed by atoms with van der Waals surface area (Å²) in [5.74, 6) is 0.0123. The Labute approximate surface area is 119 Å². The number of nitrogens with one attached hydrogen (secondary N) is 1. The molecular formula is C14H20N2O3S. The van der Waals surface area contributed by atoms with Crippen molar-refractivity contribution in [2.75, 3.05) is 36.5 Å². The van der Waals surface area contributed by atoms with E-state index in [4.69, 9.17) is 0 Å². The van der Waals surface area contributed by atoms with Crippen LogP contribution in [0.25, 0.3) is 0 Å². The second-order valence-corrected chi connectivity index (χ2v) is 7.33. The van der Waals surface area contributed by atoms with Gasteiger partial charge in [-0.1, -0.05) is 6.07 Å². The van der Waals surface area contributed by atoms with Crippen molar-refractivity contribution < 1.29 is 13.2 Å². The van der Waals surface area contributed by atoms with Gasteiger partial charge < -0.3 is 10.2 Å². The summed E-state index contributed by atoms with van der Waals surface area (Å²) in [4.78, 5) is 14.1. The normalized spacial score (nSPS) is 17.8. The predicted octanol–water partition coefficient (Wildman–Crippen LogP) is 1.30. The van der Waals surface area contributed by atoms with Crippen molar-refractivity contribution in [3.05, 3.63) is 29.3 Å². The molecular weight excluding hydrogens is 276 g/mol. The van der Waals surface area contributed by atoms with E-state index < -0.39 is 9.84 Å². The molecule has 0 unspecified atom stereocenters. The van der Waals surface area contributed by atoms with Crippen molar-refractivity contribution in [2.45, 2.75) is 13.8 Å². The number of hydrogen-bond acceptors (Lipinski definition) is 4. The van der Waals surface area contributed by atoms with E-state index in [-0.39, 0.29) is 30.5 Å². The number of rotatable bonds is 3. The molecule has 1 aliphatic rings. The van der Waals surface area contributed by atoms with Crippen LogP contribution in [-0.4, -0.2) is 50.4 Å². The van der Waals surface area contributed by atoms with Crippen LogP contribution in [0.5, 0.6) is 0 Å². The summed E-state index contributed by atoms with van der Waals surface area (Å²) in [6.45, 7) is 5.24. The standard InChI is InChI=1S/C14H20N2O3S/c1-3-15-13-10-11(2)4-5-12(13)14(17)16-6-8-20(18,19)9-7-16/h4-5,10,15H,3,6-9H2,1-2H3. The molecule has 1 heterocycles. The van der Waals surface area contributed by atoms with Crippen molar-refractivity contribution in [3.8, 4) is 0 Å². The molecule has 1 fully saturated rings. The molecule has 1 N–H and O–H groups in total. The first-order chi connectivity index (χ1) is 9.43. The lowest BCUT2D eigenvalue weighted by Gasteiger charge is -2.27. The van der Waals surface area contributed by atoms with Gasteiger partial charge in [-0.05, 0) is 31.5 Å². The molecule has 0 spiro atoms. The fourth-order valence-electron chi connectivity index (χ4n) is 2.27. The van der Waals surface area contributed by atoms with E-state index in [2.05, 4.69) is 5.32 Å².